The second-order valence-electron chi connectivity index (χ2n) is 7.06. The van der Waals surface area contributed by atoms with Gasteiger partial charge in [-0.15, -0.1) is 11.8 Å². The molecule has 1 aromatic rings. The molecule has 1 aliphatic rings. The minimum absolute atomic E-state index is 0.0167. The molecule has 1 fully saturated rings. The van der Waals surface area contributed by atoms with E-state index in [0.29, 0.717) is 30.1 Å². The van der Waals surface area contributed by atoms with Gasteiger partial charge in [-0.05, 0) is 19.4 Å². The summed E-state index contributed by atoms with van der Waals surface area (Å²) in [5, 5.41) is 7.20. The van der Waals surface area contributed by atoms with Crippen molar-refractivity contribution in [2.45, 2.75) is 52.6 Å². The molecule has 0 radical (unpaired) electrons. The summed E-state index contributed by atoms with van der Waals surface area (Å²) in [6, 6.07) is 0.202. The van der Waals surface area contributed by atoms with Crippen molar-refractivity contribution in [1.29, 1.82) is 0 Å². The fourth-order valence-corrected chi connectivity index (χ4v) is 3.48. The number of hydrogen-bond acceptors (Lipinski definition) is 6. The fourth-order valence-electron chi connectivity index (χ4n) is 2.31. The Kier molecular flexibility index (Phi) is 5.50. The third kappa shape index (κ3) is 4.46. The Morgan fingerprint density at radius 3 is 2.91 bits per heavy atom. The van der Waals surface area contributed by atoms with Crippen LogP contribution < -0.4 is 5.32 Å². The summed E-state index contributed by atoms with van der Waals surface area (Å²) in [7, 11) is 1.91. The predicted molar refractivity (Wildman–Crippen MR) is 87.5 cm³/mol. The van der Waals surface area contributed by atoms with Crippen molar-refractivity contribution in [2.75, 3.05) is 18.7 Å². The lowest BCUT2D eigenvalue weighted by atomic mass is 9.91. The van der Waals surface area contributed by atoms with Crippen molar-refractivity contribution in [3.05, 3.63) is 11.7 Å². The quantitative estimate of drug-likeness (QED) is 0.895. The molecule has 0 saturated carbocycles. The SMILES string of the molecule is CNC(C)Cc1noc(C2CSCN2C(=O)CC(C)(C)C)n1. The number of hydrogen-bond donors (Lipinski definition) is 1. The first-order valence-corrected chi connectivity index (χ1v) is 8.82. The van der Waals surface area contributed by atoms with Gasteiger partial charge in [0.1, 0.15) is 6.04 Å². The van der Waals surface area contributed by atoms with E-state index in [1.54, 1.807) is 11.8 Å². The highest BCUT2D eigenvalue weighted by molar-refractivity contribution is 7.99. The molecule has 22 heavy (non-hydrogen) atoms. The van der Waals surface area contributed by atoms with Gasteiger partial charge in [0.25, 0.3) is 0 Å². The number of nitrogens with one attached hydrogen (secondary N) is 1. The van der Waals surface area contributed by atoms with Crippen LogP contribution >= 0.6 is 11.8 Å². The average molecular weight is 326 g/mol. The Hall–Kier alpha value is -1.08. The van der Waals surface area contributed by atoms with Crippen molar-refractivity contribution in [3.8, 4) is 0 Å². The molecule has 0 bridgehead atoms. The number of nitrogens with zero attached hydrogens (tertiary/aromatic N) is 3. The van der Waals surface area contributed by atoms with Gasteiger partial charge >= 0.3 is 0 Å². The maximum atomic E-state index is 12.5. The van der Waals surface area contributed by atoms with E-state index in [1.807, 2.05) is 11.9 Å². The van der Waals surface area contributed by atoms with Gasteiger partial charge in [0, 0.05) is 24.6 Å². The number of carbonyl (C=O) groups excluding carboxylic acids is 1. The van der Waals surface area contributed by atoms with E-state index in [-0.39, 0.29) is 17.4 Å². The number of thioether (sulfide) groups is 1. The first-order valence-electron chi connectivity index (χ1n) is 7.67. The molecule has 2 atom stereocenters. The van der Waals surface area contributed by atoms with Gasteiger partial charge < -0.3 is 14.7 Å². The summed E-state index contributed by atoms with van der Waals surface area (Å²) >= 11 is 1.73. The summed E-state index contributed by atoms with van der Waals surface area (Å²) in [5.41, 5.74) is -0.0167. The monoisotopic (exact) mass is 326 g/mol. The van der Waals surface area contributed by atoms with Crippen LogP contribution in [0.2, 0.25) is 0 Å². The number of rotatable bonds is 5. The summed E-state index contributed by atoms with van der Waals surface area (Å²) in [5.74, 6) is 2.93. The molecular weight excluding hydrogens is 300 g/mol. The zero-order chi connectivity index (χ0) is 16.3. The maximum absolute atomic E-state index is 12.5. The molecule has 6 nitrogen and oxygen atoms in total. The van der Waals surface area contributed by atoms with E-state index in [1.165, 1.54) is 0 Å². The van der Waals surface area contributed by atoms with Gasteiger partial charge in [-0.2, -0.15) is 4.98 Å². The lowest BCUT2D eigenvalue weighted by Gasteiger charge is -2.25. The van der Waals surface area contributed by atoms with E-state index in [2.05, 4.69) is 43.2 Å². The van der Waals surface area contributed by atoms with Crippen molar-refractivity contribution >= 4 is 17.7 Å². The highest BCUT2D eigenvalue weighted by Gasteiger charge is 2.35. The molecule has 1 amide bonds. The van der Waals surface area contributed by atoms with Gasteiger partial charge in [-0.25, -0.2) is 0 Å². The minimum atomic E-state index is -0.0917. The number of aromatic nitrogens is 2. The summed E-state index contributed by atoms with van der Waals surface area (Å²) < 4.78 is 5.41. The van der Waals surface area contributed by atoms with Crippen LogP contribution in [0.25, 0.3) is 0 Å². The molecule has 1 aromatic heterocycles. The largest absolute Gasteiger partial charge is 0.337 e. The Balaban J connectivity index is 2.06. The van der Waals surface area contributed by atoms with E-state index in [4.69, 9.17) is 4.52 Å². The van der Waals surface area contributed by atoms with Crippen LogP contribution in [0.4, 0.5) is 0 Å². The van der Waals surface area contributed by atoms with Gasteiger partial charge in [0.15, 0.2) is 5.82 Å². The third-order valence-electron chi connectivity index (χ3n) is 3.63. The highest BCUT2D eigenvalue weighted by Crippen LogP contribution is 2.34. The van der Waals surface area contributed by atoms with Crippen molar-refractivity contribution in [3.63, 3.8) is 0 Å². The molecule has 1 aliphatic heterocycles. The van der Waals surface area contributed by atoms with E-state index >= 15 is 0 Å². The Morgan fingerprint density at radius 1 is 1.55 bits per heavy atom. The van der Waals surface area contributed by atoms with E-state index < -0.39 is 0 Å². The molecule has 0 aromatic carbocycles. The minimum Gasteiger partial charge on any atom is -0.337 e. The van der Waals surface area contributed by atoms with Crippen LogP contribution in [-0.2, 0) is 11.2 Å². The molecule has 1 N–H and O–H groups in total. The van der Waals surface area contributed by atoms with Gasteiger partial charge in [-0.1, -0.05) is 25.9 Å². The Labute approximate surface area is 136 Å². The highest BCUT2D eigenvalue weighted by atomic mass is 32.2. The van der Waals surface area contributed by atoms with Crippen LogP contribution in [0.1, 0.15) is 51.9 Å². The number of amides is 1. The third-order valence-corrected chi connectivity index (χ3v) is 4.65. The number of likely N-dealkylation sites (N-methyl/N-ethyl adjacent to an activating group) is 1. The van der Waals surface area contributed by atoms with Crippen LogP contribution in [0.3, 0.4) is 0 Å². The van der Waals surface area contributed by atoms with Crippen molar-refractivity contribution in [2.24, 2.45) is 5.41 Å². The second kappa shape index (κ2) is 7.00. The summed E-state index contributed by atoms with van der Waals surface area (Å²) in [4.78, 5) is 18.8. The molecule has 7 heteroatoms. The first kappa shape index (κ1) is 17.3. The van der Waals surface area contributed by atoms with E-state index in [9.17, 15) is 4.79 Å². The summed E-state index contributed by atoms with van der Waals surface area (Å²) in [6.07, 6.45) is 1.25. The second-order valence-corrected chi connectivity index (χ2v) is 8.06. The standard InChI is InChI=1S/C15H26N4O2S/c1-10(16-5)6-12-17-14(21-18-12)11-8-22-9-19(11)13(20)7-15(2,3)4/h10-11,16H,6-9H2,1-5H3. The lowest BCUT2D eigenvalue weighted by Crippen LogP contribution is -2.33. The van der Waals surface area contributed by atoms with Gasteiger partial charge in [0.05, 0.1) is 5.88 Å². The first-order chi connectivity index (χ1) is 10.3. The molecule has 0 aliphatic carbocycles. The molecule has 2 heterocycles. The zero-order valence-corrected chi connectivity index (χ0v) is 14.9. The zero-order valence-electron chi connectivity index (χ0n) is 14.0. The predicted octanol–water partition coefficient (Wildman–Crippen LogP) is 2.23. The fraction of sp³-hybridized carbons (Fsp3) is 0.800. The normalized spacial score (nSPS) is 20.4. The topological polar surface area (TPSA) is 71.3 Å². The lowest BCUT2D eigenvalue weighted by molar-refractivity contribution is -0.134. The van der Waals surface area contributed by atoms with Crippen molar-refractivity contribution in [1.82, 2.24) is 20.4 Å². The molecule has 124 valence electrons. The number of carbonyl (C=O) groups is 1. The molecular formula is C15H26N4O2S. The molecule has 1 saturated heterocycles. The van der Waals surface area contributed by atoms with Gasteiger partial charge in [-0.3, -0.25) is 4.79 Å². The molecule has 2 rings (SSSR count). The maximum Gasteiger partial charge on any atom is 0.250 e. The Bertz CT molecular complexity index is 512. The van der Waals surface area contributed by atoms with E-state index in [0.717, 1.165) is 12.2 Å². The van der Waals surface area contributed by atoms with Crippen molar-refractivity contribution < 1.29 is 9.32 Å². The van der Waals surface area contributed by atoms with Crippen LogP contribution in [0.15, 0.2) is 4.52 Å². The molecule has 2 unspecified atom stereocenters. The van der Waals surface area contributed by atoms with Crippen LogP contribution in [0.5, 0.6) is 0 Å². The van der Waals surface area contributed by atoms with Crippen LogP contribution in [-0.4, -0.2) is 45.7 Å². The summed E-state index contributed by atoms with van der Waals surface area (Å²) in [6.45, 7) is 8.30. The average Bonchev–Trinajstić information content (AvgIpc) is 3.04. The molecule has 0 spiro atoms. The Morgan fingerprint density at radius 2 is 2.27 bits per heavy atom. The smallest absolute Gasteiger partial charge is 0.250 e. The van der Waals surface area contributed by atoms with Gasteiger partial charge in [0.2, 0.25) is 11.8 Å². The van der Waals surface area contributed by atoms with Crippen LogP contribution in [0, 0.1) is 5.41 Å².